The molecule has 0 unspecified atom stereocenters. The largest absolute Gasteiger partial charge is 0.493 e. The fourth-order valence-corrected chi connectivity index (χ4v) is 6.52. The first-order valence-electron chi connectivity index (χ1n) is 12.6. The van der Waals surface area contributed by atoms with Crippen LogP contribution in [0.15, 0.2) is 82.6 Å². The molecule has 0 spiro atoms. The quantitative estimate of drug-likeness (QED) is 0.196. The van der Waals surface area contributed by atoms with Gasteiger partial charge >= 0.3 is 5.97 Å². The van der Waals surface area contributed by atoms with Crippen LogP contribution in [0.3, 0.4) is 0 Å². The molecule has 0 fully saturated rings. The number of nitrogens with zero attached hydrogens (tertiary/aromatic N) is 1. The Morgan fingerprint density at radius 1 is 1.00 bits per heavy atom. The monoisotopic (exact) mass is 562 g/mol. The lowest BCUT2D eigenvalue weighted by Crippen LogP contribution is -2.33. The lowest BCUT2D eigenvalue weighted by Gasteiger charge is -2.17. The highest BCUT2D eigenvalue weighted by Gasteiger charge is 2.30. The van der Waals surface area contributed by atoms with E-state index >= 15 is 0 Å². The Morgan fingerprint density at radius 2 is 1.68 bits per heavy atom. The van der Waals surface area contributed by atoms with Crippen molar-refractivity contribution in [1.82, 2.24) is 9.88 Å². The predicted molar refractivity (Wildman–Crippen MR) is 145 cm³/mol. The van der Waals surface area contributed by atoms with Gasteiger partial charge in [0.2, 0.25) is 9.84 Å². The normalized spacial score (nSPS) is 12.9. The van der Waals surface area contributed by atoms with Crippen LogP contribution in [0, 0.1) is 12.7 Å². The summed E-state index contributed by atoms with van der Waals surface area (Å²) in [5.41, 5.74) is 2.88. The minimum absolute atomic E-state index is 0.0329. The summed E-state index contributed by atoms with van der Waals surface area (Å²) in [5.74, 6) is -0.656. The van der Waals surface area contributed by atoms with Crippen LogP contribution in [-0.2, 0) is 34.0 Å². The van der Waals surface area contributed by atoms with Gasteiger partial charge in [-0.05, 0) is 60.5 Å². The number of esters is 1. The maximum atomic E-state index is 13.5. The molecule has 1 N–H and O–H groups in total. The van der Waals surface area contributed by atoms with Crippen LogP contribution in [0.2, 0.25) is 0 Å². The van der Waals surface area contributed by atoms with Gasteiger partial charge in [-0.3, -0.25) is 4.79 Å². The van der Waals surface area contributed by atoms with E-state index < -0.39 is 21.6 Å². The molecule has 206 valence electrons. The molecule has 1 aromatic heterocycles. The van der Waals surface area contributed by atoms with Gasteiger partial charge in [-0.25, -0.2) is 17.6 Å². The summed E-state index contributed by atoms with van der Waals surface area (Å²) in [5, 5.41) is 2.85. The first-order chi connectivity index (χ1) is 19.2. The summed E-state index contributed by atoms with van der Waals surface area (Å²) >= 11 is 0. The second kappa shape index (κ2) is 11.0. The van der Waals surface area contributed by atoms with Crippen molar-refractivity contribution in [1.29, 1.82) is 0 Å². The van der Waals surface area contributed by atoms with E-state index in [1.54, 1.807) is 54.0 Å². The number of nitrogens with one attached hydrogen (secondary N) is 1. The van der Waals surface area contributed by atoms with Gasteiger partial charge in [0.15, 0.2) is 11.5 Å². The molecule has 1 aliphatic rings. The SMILES string of the molecule is COc1ccccc1OC(=O)Cn1c(C)c(Cc2ccccc2S(=O)(=O)c2ccc(F)cc2)c2c1CCNC2=O. The number of hydrogen-bond donors (Lipinski definition) is 1. The molecule has 5 rings (SSSR count). The molecular weight excluding hydrogens is 535 g/mol. The van der Waals surface area contributed by atoms with E-state index in [1.165, 1.54) is 25.3 Å². The molecule has 0 saturated heterocycles. The van der Waals surface area contributed by atoms with Crippen LogP contribution in [-0.4, -0.2) is 38.5 Å². The van der Waals surface area contributed by atoms with Crippen LogP contribution in [0.1, 0.15) is 32.9 Å². The molecule has 0 radical (unpaired) electrons. The molecule has 10 heteroatoms. The summed E-state index contributed by atoms with van der Waals surface area (Å²) in [4.78, 5) is 26.1. The molecule has 4 aromatic rings. The van der Waals surface area contributed by atoms with Crippen LogP contribution in [0.4, 0.5) is 4.39 Å². The van der Waals surface area contributed by atoms with Crippen molar-refractivity contribution >= 4 is 21.7 Å². The molecule has 1 aliphatic heterocycles. The van der Waals surface area contributed by atoms with E-state index in [2.05, 4.69) is 5.32 Å². The number of carbonyl (C=O) groups excluding carboxylic acids is 2. The van der Waals surface area contributed by atoms with Crippen molar-refractivity contribution in [2.45, 2.75) is 36.1 Å². The van der Waals surface area contributed by atoms with Crippen LogP contribution >= 0.6 is 0 Å². The van der Waals surface area contributed by atoms with Gasteiger partial charge in [-0.1, -0.05) is 30.3 Å². The van der Waals surface area contributed by atoms with Gasteiger partial charge in [0, 0.05) is 30.8 Å². The molecule has 0 bridgehead atoms. The summed E-state index contributed by atoms with van der Waals surface area (Å²) < 4.78 is 53.0. The maximum Gasteiger partial charge on any atom is 0.331 e. The Bertz CT molecular complexity index is 1710. The number of fused-ring (bicyclic) bond motifs is 1. The highest BCUT2D eigenvalue weighted by atomic mass is 32.2. The second-order valence-corrected chi connectivity index (χ2v) is 11.3. The van der Waals surface area contributed by atoms with Crippen molar-refractivity contribution in [2.75, 3.05) is 13.7 Å². The predicted octanol–water partition coefficient (Wildman–Crippen LogP) is 4.26. The van der Waals surface area contributed by atoms with E-state index in [1.807, 2.05) is 0 Å². The van der Waals surface area contributed by atoms with Gasteiger partial charge in [-0.2, -0.15) is 0 Å². The Hall–Kier alpha value is -4.44. The van der Waals surface area contributed by atoms with Crippen molar-refractivity contribution in [2.24, 2.45) is 0 Å². The molecule has 8 nitrogen and oxygen atoms in total. The number of methoxy groups -OCH3 is 1. The number of hydrogen-bond acceptors (Lipinski definition) is 6. The van der Waals surface area contributed by atoms with E-state index in [9.17, 15) is 22.4 Å². The Balaban J connectivity index is 1.52. The Morgan fingerprint density at radius 3 is 2.40 bits per heavy atom. The van der Waals surface area contributed by atoms with Crippen LogP contribution in [0.5, 0.6) is 11.5 Å². The first-order valence-corrected chi connectivity index (χ1v) is 14.1. The molecule has 0 atom stereocenters. The number of sulfone groups is 1. The Labute approximate surface area is 231 Å². The van der Waals surface area contributed by atoms with E-state index in [-0.39, 0.29) is 34.4 Å². The number of rotatable bonds is 8. The zero-order chi connectivity index (χ0) is 28.4. The van der Waals surface area contributed by atoms with Crippen molar-refractivity contribution in [3.05, 3.63) is 107 Å². The third kappa shape index (κ3) is 5.10. The van der Waals surface area contributed by atoms with Crippen molar-refractivity contribution < 1.29 is 31.9 Å². The zero-order valence-electron chi connectivity index (χ0n) is 21.9. The summed E-state index contributed by atoms with van der Waals surface area (Å²) in [6, 6.07) is 18.0. The lowest BCUT2D eigenvalue weighted by molar-refractivity contribution is -0.135. The summed E-state index contributed by atoms with van der Waals surface area (Å²) in [7, 11) is -2.48. The van der Waals surface area contributed by atoms with Crippen LogP contribution in [0.25, 0.3) is 0 Å². The molecular formula is C30H27FN2O6S. The summed E-state index contributed by atoms with van der Waals surface area (Å²) in [6.45, 7) is 2.06. The molecule has 0 aliphatic carbocycles. The molecule has 40 heavy (non-hydrogen) atoms. The topological polar surface area (TPSA) is 104 Å². The third-order valence-corrected chi connectivity index (χ3v) is 8.84. The Kier molecular flexibility index (Phi) is 7.44. The fourth-order valence-electron chi connectivity index (χ4n) is 5.03. The van der Waals surface area contributed by atoms with Crippen molar-refractivity contribution in [3.8, 4) is 11.5 Å². The highest BCUT2D eigenvalue weighted by molar-refractivity contribution is 7.91. The average molecular weight is 563 g/mol. The number of aromatic nitrogens is 1. The molecule has 1 amide bonds. The van der Waals surface area contributed by atoms with E-state index in [0.717, 1.165) is 12.1 Å². The maximum absolute atomic E-state index is 13.5. The summed E-state index contributed by atoms with van der Waals surface area (Å²) in [6.07, 6.45) is 0.631. The second-order valence-electron chi connectivity index (χ2n) is 9.34. The lowest BCUT2D eigenvalue weighted by atomic mass is 9.97. The standard InChI is InChI=1S/C30H27FN2O6S/c1-19-23(17-20-7-3-6-10-27(20)40(36,37)22-13-11-21(31)12-14-22)29-24(15-16-32-30(29)35)33(19)18-28(34)39-26-9-5-4-8-25(26)38-2/h3-14H,15-18H2,1-2H3,(H,32,35). The van der Waals surface area contributed by atoms with Crippen LogP contribution < -0.4 is 14.8 Å². The molecule has 2 heterocycles. The molecule has 3 aromatic carbocycles. The highest BCUT2D eigenvalue weighted by Crippen LogP contribution is 2.32. The van der Waals surface area contributed by atoms with Gasteiger partial charge < -0.3 is 19.4 Å². The van der Waals surface area contributed by atoms with E-state index in [4.69, 9.17) is 9.47 Å². The number of halogens is 1. The molecule has 0 saturated carbocycles. The number of amides is 1. The van der Waals surface area contributed by atoms with E-state index in [0.29, 0.717) is 46.8 Å². The number of carbonyl (C=O) groups is 2. The first kappa shape index (κ1) is 27.1. The minimum atomic E-state index is -3.97. The van der Waals surface area contributed by atoms with Gasteiger partial charge in [0.1, 0.15) is 12.4 Å². The van der Waals surface area contributed by atoms with Gasteiger partial charge in [0.25, 0.3) is 5.91 Å². The third-order valence-electron chi connectivity index (χ3n) is 6.97. The average Bonchev–Trinajstić information content (AvgIpc) is 3.20. The van der Waals surface area contributed by atoms with Gasteiger partial charge in [-0.15, -0.1) is 0 Å². The smallest absolute Gasteiger partial charge is 0.331 e. The number of para-hydroxylation sites is 2. The fraction of sp³-hybridized carbons (Fsp3) is 0.200. The zero-order valence-corrected chi connectivity index (χ0v) is 22.8. The van der Waals surface area contributed by atoms with Crippen molar-refractivity contribution in [3.63, 3.8) is 0 Å². The number of ether oxygens (including phenoxy) is 2. The van der Waals surface area contributed by atoms with Gasteiger partial charge in [0.05, 0.1) is 22.5 Å². The minimum Gasteiger partial charge on any atom is -0.493 e. The number of benzene rings is 3.